The molecular formula is C21H17ClF3N3O2. The van der Waals surface area contributed by atoms with E-state index in [-0.39, 0.29) is 11.7 Å². The number of hydrazine groups is 1. The van der Waals surface area contributed by atoms with Gasteiger partial charge < -0.3 is 0 Å². The zero-order valence-corrected chi connectivity index (χ0v) is 16.4. The van der Waals surface area contributed by atoms with E-state index in [1.807, 2.05) is 22.2 Å². The third kappa shape index (κ3) is 2.85. The zero-order valence-electron chi connectivity index (χ0n) is 15.6. The third-order valence-electron chi connectivity index (χ3n) is 6.05. The summed E-state index contributed by atoms with van der Waals surface area (Å²) in [5.41, 5.74) is -0.0876. The van der Waals surface area contributed by atoms with E-state index in [9.17, 15) is 22.8 Å². The van der Waals surface area contributed by atoms with Gasteiger partial charge in [0.2, 0.25) is 5.91 Å². The van der Waals surface area contributed by atoms with Crippen molar-refractivity contribution >= 4 is 29.1 Å². The van der Waals surface area contributed by atoms with Crippen LogP contribution in [0.4, 0.5) is 18.9 Å². The normalized spacial score (nSPS) is 27.1. The van der Waals surface area contributed by atoms with Gasteiger partial charge in [-0.25, -0.2) is 14.9 Å². The van der Waals surface area contributed by atoms with E-state index < -0.39 is 35.5 Å². The molecule has 0 aliphatic carbocycles. The molecule has 0 unspecified atom stereocenters. The van der Waals surface area contributed by atoms with E-state index in [1.165, 1.54) is 12.1 Å². The van der Waals surface area contributed by atoms with Crippen LogP contribution < -0.4 is 4.90 Å². The van der Waals surface area contributed by atoms with Crippen molar-refractivity contribution in [3.63, 3.8) is 0 Å². The summed E-state index contributed by atoms with van der Waals surface area (Å²) >= 11 is 6.00. The summed E-state index contributed by atoms with van der Waals surface area (Å²) in [6, 6.07) is 10.4. The Morgan fingerprint density at radius 1 is 0.900 bits per heavy atom. The molecule has 3 fully saturated rings. The van der Waals surface area contributed by atoms with E-state index in [0.29, 0.717) is 18.1 Å². The lowest BCUT2D eigenvalue weighted by Gasteiger charge is -2.30. The molecule has 2 aromatic carbocycles. The van der Waals surface area contributed by atoms with Gasteiger partial charge in [-0.2, -0.15) is 13.2 Å². The standard InChI is InChI=1S/C21H17ClF3N3O2/c22-14-7-5-12(6-8-14)17-16-18(27-10-2-9-26(17)27)20(30)28(19(16)29)15-4-1-3-13(11-15)21(23,24)25/h1,3-8,11,16-18H,2,9-10H2/t16-,17-,18+/m0/s1. The molecule has 3 heterocycles. The van der Waals surface area contributed by atoms with Crippen molar-refractivity contribution in [2.75, 3.05) is 18.0 Å². The molecular weight excluding hydrogens is 419 g/mol. The Bertz CT molecular complexity index is 1030. The van der Waals surface area contributed by atoms with Gasteiger partial charge in [0.25, 0.3) is 5.91 Å². The number of imide groups is 1. The highest BCUT2D eigenvalue weighted by molar-refractivity contribution is 6.30. The molecule has 3 saturated heterocycles. The van der Waals surface area contributed by atoms with Crippen LogP contribution >= 0.6 is 11.6 Å². The van der Waals surface area contributed by atoms with Gasteiger partial charge in [-0.3, -0.25) is 9.59 Å². The summed E-state index contributed by atoms with van der Waals surface area (Å²) in [6.07, 6.45) is -3.71. The van der Waals surface area contributed by atoms with Gasteiger partial charge >= 0.3 is 6.18 Å². The van der Waals surface area contributed by atoms with Gasteiger partial charge in [0.15, 0.2) is 0 Å². The number of anilines is 1. The molecule has 2 amide bonds. The second-order valence-electron chi connectivity index (χ2n) is 7.71. The summed E-state index contributed by atoms with van der Waals surface area (Å²) in [5, 5.41) is 4.50. The highest BCUT2D eigenvalue weighted by atomic mass is 35.5. The number of halogens is 4. The number of carbonyl (C=O) groups excluding carboxylic acids is 2. The van der Waals surface area contributed by atoms with Crippen molar-refractivity contribution in [2.45, 2.75) is 24.7 Å². The highest BCUT2D eigenvalue weighted by Crippen LogP contribution is 2.49. The molecule has 9 heteroatoms. The Morgan fingerprint density at radius 2 is 1.57 bits per heavy atom. The molecule has 30 heavy (non-hydrogen) atoms. The predicted molar refractivity (Wildman–Crippen MR) is 103 cm³/mol. The molecule has 0 radical (unpaired) electrons. The van der Waals surface area contributed by atoms with Crippen LogP contribution in [0.1, 0.15) is 23.6 Å². The van der Waals surface area contributed by atoms with E-state index in [1.54, 1.807) is 12.1 Å². The van der Waals surface area contributed by atoms with Crippen molar-refractivity contribution in [3.8, 4) is 0 Å². The Hall–Kier alpha value is -2.42. The monoisotopic (exact) mass is 435 g/mol. The second-order valence-corrected chi connectivity index (χ2v) is 8.14. The molecule has 0 bridgehead atoms. The summed E-state index contributed by atoms with van der Waals surface area (Å²) in [7, 11) is 0. The first-order valence-corrected chi connectivity index (χ1v) is 9.99. The van der Waals surface area contributed by atoms with Crippen molar-refractivity contribution in [1.29, 1.82) is 0 Å². The molecule has 3 aliphatic rings. The van der Waals surface area contributed by atoms with Gasteiger partial charge in [0.05, 0.1) is 23.2 Å². The number of carbonyl (C=O) groups is 2. The average molecular weight is 436 g/mol. The van der Waals surface area contributed by atoms with Gasteiger partial charge in [-0.05, 0) is 42.3 Å². The fourth-order valence-electron chi connectivity index (χ4n) is 4.85. The molecule has 3 atom stereocenters. The average Bonchev–Trinajstić information content (AvgIpc) is 3.34. The number of fused-ring (bicyclic) bond motifs is 3. The largest absolute Gasteiger partial charge is 0.416 e. The lowest BCUT2D eigenvalue weighted by atomic mass is 9.90. The number of hydrogen-bond donors (Lipinski definition) is 0. The van der Waals surface area contributed by atoms with Crippen LogP contribution in [0.15, 0.2) is 48.5 Å². The molecule has 0 saturated carbocycles. The van der Waals surface area contributed by atoms with Crippen molar-refractivity contribution in [3.05, 3.63) is 64.7 Å². The fourth-order valence-corrected chi connectivity index (χ4v) is 4.98. The van der Waals surface area contributed by atoms with E-state index in [0.717, 1.165) is 29.0 Å². The Labute approximate surface area is 175 Å². The summed E-state index contributed by atoms with van der Waals surface area (Å²) < 4.78 is 39.5. The smallest absolute Gasteiger partial charge is 0.274 e. The molecule has 5 nitrogen and oxygen atoms in total. The van der Waals surface area contributed by atoms with Gasteiger partial charge in [-0.1, -0.05) is 29.8 Å². The fraction of sp³-hybridized carbons (Fsp3) is 0.333. The highest BCUT2D eigenvalue weighted by Gasteiger charge is 2.62. The third-order valence-corrected chi connectivity index (χ3v) is 6.30. The first-order chi connectivity index (χ1) is 14.3. The minimum Gasteiger partial charge on any atom is -0.274 e. The first kappa shape index (κ1) is 19.5. The molecule has 5 rings (SSSR count). The van der Waals surface area contributed by atoms with Crippen LogP contribution in [0.2, 0.25) is 5.02 Å². The van der Waals surface area contributed by atoms with E-state index >= 15 is 0 Å². The zero-order chi connectivity index (χ0) is 21.2. The minimum absolute atomic E-state index is 0.0465. The SMILES string of the molecule is O=C1[C@@H]2[C@H](C(=O)N1c1cccc(C(F)(F)F)c1)N1CCCN1[C@H]2c1ccc(Cl)cc1. The quantitative estimate of drug-likeness (QED) is 0.671. The lowest BCUT2D eigenvalue weighted by molar-refractivity contribution is -0.137. The van der Waals surface area contributed by atoms with E-state index in [4.69, 9.17) is 11.6 Å². The van der Waals surface area contributed by atoms with Gasteiger partial charge in [-0.15, -0.1) is 0 Å². The summed E-state index contributed by atoms with van der Waals surface area (Å²) in [5.74, 6) is -1.64. The van der Waals surface area contributed by atoms with Crippen molar-refractivity contribution in [1.82, 2.24) is 10.0 Å². The number of alkyl halides is 3. The molecule has 156 valence electrons. The van der Waals surface area contributed by atoms with Crippen LogP contribution in [-0.4, -0.2) is 41.0 Å². The number of rotatable bonds is 2. The minimum atomic E-state index is -4.56. The molecule has 0 aromatic heterocycles. The first-order valence-electron chi connectivity index (χ1n) is 9.61. The summed E-state index contributed by atoms with van der Waals surface area (Å²) in [6.45, 7) is 1.34. The maximum atomic E-state index is 13.4. The van der Waals surface area contributed by atoms with Crippen LogP contribution in [0.3, 0.4) is 0 Å². The maximum Gasteiger partial charge on any atom is 0.416 e. The molecule has 2 aromatic rings. The number of amides is 2. The van der Waals surface area contributed by atoms with Crippen molar-refractivity contribution in [2.24, 2.45) is 5.92 Å². The summed E-state index contributed by atoms with van der Waals surface area (Å²) in [4.78, 5) is 27.6. The van der Waals surface area contributed by atoms with Gasteiger partial charge in [0.1, 0.15) is 6.04 Å². The Morgan fingerprint density at radius 3 is 2.23 bits per heavy atom. The molecule has 3 aliphatic heterocycles. The van der Waals surface area contributed by atoms with Crippen LogP contribution in [-0.2, 0) is 15.8 Å². The second kappa shape index (κ2) is 6.80. The van der Waals surface area contributed by atoms with Crippen LogP contribution in [0.5, 0.6) is 0 Å². The Balaban J connectivity index is 1.56. The topological polar surface area (TPSA) is 43.9 Å². The number of nitrogens with zero attached hydrogens (tertiary/aromatic N) is 3. The van der Waals surface area contributed by atoms with E-state index in [2.05, 4.69) is 0 Å². The molecule has 0 N–H and O–H groups in total. The van der Waals surface area contributed by atoms with Crippen LogP contribution in [0.25, 0.3) is 0 Å². The molecule has 0 spiro atoms. The van der Waals surface area contributed by atoms with Crippen molar-refractivity contribution < 1.29 is 22.8 Å². The lowest BCUT2D eigenvalue weighted by Crippen LogP contribution is -2.44. The van der Waals surface area contributed by atoms with Gasteiger partial charge in [0, 0.05) is 18.1 Å². The predicted octanol–water partition coefficient (Wildman–Crippen LogP) is 3.89. The number of hydrogen-bond acceptors (Lipinski definition) is 4. The number of benzene rings is 2. The van der Waals surface area contributed by atoms with Crippen LogP contribution in [0, 0.1) is 5.92 Å². The maximum absolute atomic E-state index is 13.4. The Kier molecular flexibility index (Phi) is 4.43.